The molecular formula is C24H24Cl4N2O6S. The van der Waals surface area contributed by atoms with Crippen LogP contribution >= 0.6 is 46.4 Å². The summed E-state index contributed by atoms with van der Waals surface area (Å²) in [7, 11) is -4.77. The molecule has 2 aromatic carbocycles. The van der Waals surface area contributed by atoms with Gasteiger partial charge in [-0.2, -0.15) is 0 Å². The first kappa shape index (κ1) is 28.4. The molecule has 4 unspecified atom stereocenters. The van der Waals surface area contributed by atoms with Gasteiger partial charge >= 0.3 is 0 Å². The third kappa shape index (κ3) is 5.30. The predicted molar refractivity (Wildman–Crippen MR) is 143 cm³/mol. The minimum Gasteiger partial charge on any atom is -0.258 e. The molecule has 4 rings (SSSR count). The number of nitro benzene ring substituents is 2. The molecule has 2 aliphatic rings. The maximum Gasteiger partial charge on any atom is 0.293 e. The van der Waals surface area contributed by atoms with E-state index in [0.717, 1.165) is 37.8 Å². The van der Waals surface area contributed by atoms with Gasteiger partial charge in [0.05, 0.1) is 31.0 Å². The van der Waals surface area contributed by atoms with Gasteiger partial charge in [-0.15, -0.1) is 23.2 Å². The Balaban J connectivity index is 1.98. The molecule has 2 aliphatic carbocycles. The molecule has 0 radical (unpaired) electrons. The molecule has 2 saturated carbocycles. The fourth-order valence-electron chi connectivity index (χ4n) is 5.58. The largest absolute Gasteiger partial charge is 0.293 e. The van der Waals surface area contributed by atoms with Crippen LogP contribution < -0.4 is 0 Å². The van der Waals surface area contributed by atoms with Crippen LogP contribution in [-0.2, 0) is 9.84 Å². The van der Waals surface area contributed by atoms with Crippen molar-refractivity contribution >= 4 is 67.6 Å². The van der Waals surface area contributed by atoms with Crippen molar-refractivity contribution in [2.24, 2.45) is 0 Å². The molecule has 0 heterocycles. The molecule has 0 amide bonds. The zero-order valence-corrected chi connectivity index (χ0v) is 23.4. The third-order valence-corrected chi connectivity index (χ3v) is 10.8. The fourth-order valence-corrected chi connectivity index (χ4v) is 8.59. The summed E-state index contributed by atoms with van der Waals surface area (Å²) < 4.78 is 28.0. The molecule has 0 N–H and O–H groups in total. The highest BCUT2D eigenvalue weighted by Crippen LogP contribution is 2.50. The summed E-state index contributed by atoms with van der Waals surface area (Å²) in [6.45, 7) is 0. The molecule has 2 aromatic rings. The molecule has 8 nitrogen and oxygen atoms in total. The zero-order chi connectivity index (χ0) is 27.1. The van der Waals surface area contributed by atoms with E-state index in [9.17, 15) is 28.6 Å². The molecular weight excluding hydrogens is 586 g/mol. The Morgan fingerprint density at radius 3 is 1.35 bits per heavy atom. The fraction of sp³-hybridized carbons (Fsp3) is 0.500. The Hall–Kier alpha value is -1.65. The van der Waals surface area contributed by atoms with Gasteiger partial charge in [-0.1, -0.05) is 48.9 Å². The van der Waals surface area contributed by atoms with Crippen LogP contribution in [-0.4, -0.2) is 29.0 Å². The van der Waals surface area contributed by atoms with Crippen molar-refractivity contribution in [2.75, 3.05) is 0 Å². The third-order valence-electron chi connectivity index (χ3n) is 7.30. The topological polar surface area (TPSA) is 120 Å². The monoisotopic (exact) mass is 608 g/mol. The second kappa shape index (κ2) is 11.2. The zero-order valence-electron chi connectivity index (χ0n) is 19.5. The number of alkyl halides is 2. The molecule has 37 heavy (non-hydrogen) atoms. The predicted octanol–water partition coefficient (Wildman–Crippen LogP) is 8.17. The van der Waals surface area contributed by atoms with Crippen molar-refractivity contribution in [3.63, 3.8) is 0 Å². The van der Waals surface area contributed by atoms with E-state index in [0.29, 0.717) is 25.7 Å². The van der Waals surface area contributed by atoms with E-state index in [-0.39, 0.29) is 21.2 Å². The highest BCUT2D eigenvalue weighted by Gasteiger charge is 2.42. The van der Waals surface area contributed by atoms with Crippen molar-refractivity contribution < 1.29 is 18.3 Å². The Bertz CT molecular complexity index is 1260. The van der Waals surface area contributed by atoms with Crippen LogP contribution in [0.1, 0.15) is 74.3 Å². The number of hydrogen-bond donors (Lipinski definition) is 0. The lowest BCUT2D eigenvalue weighted by atomic mass is 9.83. The highest BCUT2D eigenvalue weighted by atomic mass is 35.5. The normalized spacial score (nSPS) is 24.5. The van der Waals surface area contributed by atoms with Crippen molar-refractivity contribution in [2.45, 2.75) is 83.7 Å². The maximum atomic E-state index is 14.0. The molecule has 0 aliphatic heterocycles. The molecule has 0 bridgehead atoms. The first-order valence-electron chi connectivity index (χ1n) is 11.9. The molecule has 13 heteroatoms. The lowest BCUT2D eigenvalue weighted by Gasteiger charge is -2.28. The van der Waals surface area contributed by atoms with Gasteiger partial charge in [0.1, 0.15) is 9.79 Å². The Morgan fingerprint density at radius 2 is 1.03 bits per heavy atom. The number of nitrogens with zero attached hydrogens (tertiary/aromatic N) is 2. The molecule has 200 valence electrons. The van der Waals surface area contributed by atoms with Crippen molar-refractivity contribution in [1.29, 1.82) is 0 Å². The van der Waals surface area contributed by atoms with E-state index in [4.69, 9.17) is 46.4 Å². The number of benzene rings is 2. The second-order valence-corrected chi connectivity index (χ2v) is 13.3. The summed E-state index contributed by atoms with van der Waals surface area (Å²) in [5.74, 6) is -1.07. The summed E-state index contributed by atoms with van der Waals surface area (Å²) in [6.07, 6.45) is 5.40. The minimum atomic E-state index is -4.77. The highest BCUT2D eigenvalue weighted by molar-refractivity contribution is 7.91. The number of hydrogen-bond acceptors (Lipinski definition) is 6. The van der Waals surface area contributed by atoms with Gasteiger partial charge in [-0.3, -0.25) is 20.2 Å². The van der Waals surface area contributed by atoms with Gasteiger partial charge in [0, 0.05) is 22.6 Å². The summed E-state index contributed by atoms with van der Waals surface area (Å²) in [4.78, 5) is 21.7. The van der Waals surface area contributed by atoms with E-state index in [1.807, 2.05) is 0 Å². The smallest absolute Gasteiger partial charge is 0.258 e. The molecule has 4 atom stereocenters. The number of sulfone groups is 1. The number of halogens is 4. The first-order chi connectivity index (χ1) is 17.5. The summed E-state index contributed by atoms with van der Waals surface area (Å²) in [5.41, 5.74) is -1.33. The molecule has 0 aromatic heterocycles. The van der Waals surface area contributed by atoms with E-state index >= 15 is 0 Å². The Kier molecular flexibility index (Phi) is 8.60. The van der Waals surface area contributed by atoms with Crippen LogP contribution in [0.3, 0.4) is 0 Å². The first-order valence-corrected chi connectivity index (χ1v) is 15.0. The summed E-state index contributed by atoms with van der Waals surface area (Å²) in [6, 6.07) is 4.59. The standard InChI is InChI=1S/C24H24Cl4N2O6S/c25-15-7-3-1-5-13(15)21-17(27)9-11-19(23(21)29(31)32)37(35,36)20-12-10-18(28)22(24(20)30(33)34)14-6-2-4-8-16(14)26/h9-16H,1-8H2. The van der Waals surface area contributed by atoms with Crippen molar-refractivity contribution in [3.05, 3.63) is 65.7 Å². The van der Waals surface area contributed by atoms with Crippen LogP contribution in [0.5, 0.6) is 0 Å². The molecule has 0 spiro atoms. The number of rotatable bonds is 6. The van der Waals surface area contributed by atoms with E-state index in [1.165, 1.54) is 12.1 Å². The van der Waals surface area contributed by atoms with E-state index in [1.54, 1.807) is 0 Å². The maximum absolute atomic E-state index is 14.0. The quantitative estimate of drug-likeness (QED) is 0.185. The lowest BCUT2D eigenvalue weighted by molar-refractivity contribution is -0.389. The van der Waals surface area contributed by atoms with Crippen LogP contribution in [0.2, 0.25) is 10.0 Å². The van der Waals surface area contributed by atoms with Crippen LogP contribution in [0.4, 0.5) is 11.4 Å². The number of nitro groups is 2. The Labute approximate surface area is 234 Å². The summed E-state index contributed by atoms with van der Waals surface area (Å²) in [5, 5.41) is 23.8. The van der Waals surface area contributed by atoms with Crippen LogP contribution in [0.15, 0.2) is 34.1 Å². The van der Waals surface area contributed by atoms with Crippen molar-refractivity contribution in [3.8, 4) is 0 Å². The van der Waals surface area contributed by atoms with E-state index < -0.39 is 63.4 Å². The van der Waals surface area contributed by atoms with E-state index in [2.05, 4.69) is 0 Å². The van der Waals surface area contributed by atoms with Gasteiger partial charge in [0.2, 0.25) is 9.84 Å². The molecule has 0 saturated heterocycles. The van der Waals surface area contributed by atoms with Crippen LogP contribution in [0.25, 0.3) is 0 Å². The average molecular weight is 610 g/mol. The Morgan fingerprint density at radius 1 is 0.676 bits per heavy atom. The van der Waals surface area contributed by atoms with Gasteiger partial charge in [-0.05, 0) is 49.9 Å². The SMILES string of the molecule is O=[N+]([O-])c1c(S(=O)(=O)c2ccc(Cl)c(C3CCCCC3Cl)c2[N+](=O)[O-])ccc(Cl)c1C1CCCCC1Cl. The average Bonchev–Trinajstić information content (AvgIpc) is 2.84. The second-order valence-electron chi connectivity index (χ2n) is 9.45. The van der Waals surface area contributed by atoms with Gasteiger partial charge in [0.15, 0.2) is 0 Å². The van der Waals surface area contributed by atoms with Crippen LogP contribution in [0, 0.1) is 20.2 Å². The lowest BCUT2D eigenvalue weighted by Crippen LogP contribution is -2.21. The van der Waals surface area contributed by atoms with Gasteiger partial charge < -0.3 is 0 Å². The van der Waals surface area contributed by atoms with Gasteiger partial charge in [-0.25, -0.2) is 8.42 Å². The minimum absolute atomic E-state index is 0.0293. The summed E-state index contributed by atoms with van der Waals surface area (Å²) >= 11 is 25.8. The van der Waals surface area contributed by atoms with Gasteiger partial charge in [0.25, 0.3) is 11.4 Å². The molecule has 2 fully saturated rings. The van der Waals surface area contributed by atoms with Crippen molar-refractivity contribution in [1.82, 2.24) is 0 Å².